The molecule has 2 saturated heterocycles. The van der Waals surface area contributed by atoms with Crippen LogP contribution in [0, 0.1) is 0 Å². The molecular weight excluding hydrogens is 218 g/mol. The largest absolute Gasteiger partial charge is 0.312 e. The lowest BCUT2D eigenvalue weighted by molar-refractivity contribution is 0.543. The van der Waals surface area contributed by atoms with E-state index in [0.717, 1.165) is 18.2 Å². The van der Waals surface area contributed by atoms with E-state index in [1.807, 2.05) is 11.8 Å². The molecule has 2 atom stereocenters. The van der Waals surface area contributed by atoms with E-state index >= 15 is 0 Å². The molecule has 1 N–H and O–H groups in total. The topological polar surface area (TPSA) is 46.2 Å². The van der Waals surface area contributed by atoms with Crippen molar-refractivity contribution in [3.63, 3.8) is 0 Å². The smallest absolute Gasteiger partial charge is 0.151 e. The molecule has 0 aromatic carbocycles. The second-order valence-electron chi connectivity index (χ2n) is 4.14. The summed E-state index contributed by atoms with van der Waals surface area (Å²) < 4.78 is 22.4. The van der Waals surface area contributed by atoms with Crippen molar-refractivity contribution in [1.82, 2.24) is 5.32 Å². The highest BCUT2D eigenvalue weighted by atomic mass is 32.2. The van der Waals surface area contributed by atoms with Crippen molar-refractivity contribution in [2.75, 3.05) is 23.8 Å². The maximum atomic E-state index is 11.2. The number of hydrogen-bond acceptors (Lipinski definition) is 4. The minimum Gasteiger partial charge on any atom is -0.312 e. The first-order valence-corrected chi connectivity index (χ1v) is 8.08. The van der Waals surface area contributed by atoms with Crippen molar-refractivity contribution in [3.8, 4) is 0 Å². The molecule has 3 nitrogen and oxygen atoms in total. The van der Waals surface area contributed by atoms with E-state index in [1.165, 1.54) is 18.6 Å². The maximum Gasteiger partial charge on any atom is 0.151 e. The molecule has 0 radical (unpaired) electrons. The number of sulfone groups is 1. The Bertz CT molecular complexity index is 283. The third-order valence-electron chi connectivity index (χ3n) is 2.89. The Morgan fingerprint density at radius 2 is 2.21 bits per heavy atom. The lowest BCUT2D eigenvalue weighted by Gasteiger charge is -2.14. The first kappa shape index (κ1) is 10.8. The Hall–Kier alpha value is 0.260. The molecule has 0 aromatic heterocycles. The van der Waals surface area contributed by atoms with Crippen molar-refractivity contribution in [2.45, 2.75) is 30.6 Å². The van der Waals surface area contributed by atoms with E-state index in [4.69, 9.17) is 0 Å². The number of hydrogen-bond donors (Lipinski definition) is 1. The lowest BCUT2D eigenvalue weighted by Crippen LogP contribution is -2.34. The van der Waals surface area contributed by atoms with Crippen LogP contribution in [-0.2, 0) is 9.84 Å². The van der Waals surface area contributed by atoms with E-state index in [1.54, 1.807) is 0 Å². The number of thioether (sulfide) groups is 1. The van der Waals surface area contributed by atoms with Gasteiger partial charge < -0.3 is 5.32 Å². The van der Waals surface area contributed by atoms with Gasteiger partial charge in [0.25, 0.3) is 0 Å². The molecule has 0 amide bonds. The van der Waals surface area contributed by atoms with Gasteiger partial charge in [-0.1, -0.05) is 0 Å². The van der Waals surface area contributed by atoms with Crippen LogP contribution in [0.15, 0.2) is 0 Å². The summed E-state index contributed by atoms with van der Waals surface area (Å²) in [6.45, 7) is 0.991. The second-order valence-corrected chi connectivity index (χ2v) is 7.78. The molecule has 0 spiro atoms. The van der Waals surface area contributed by atoms with E-state index in [2.05, 4.69) is 5.32 Å². The van der Waals surface area contributed by atoms with Crippen LogP contribution in [0.2, 0.25) is 0 Å². The first-order chi connectivity index (χ1) is 6.66. The molecule has 2 aliphatic heterocycles. The fraction of sp³-hybridized carbons (Fsp3) is 1.00. The predicted octanol–water partition coefficient (Wildman–Crippen LogP) is 0.659. The zero-order valence-corrected chi connectivity index (χ0v) is 9.87. The normalized spacial score (nSPS) is 36.3. The van der Waals surface area contributed by atoms with Crippen LogP contribution in [0.4, 0.5) is 0 Å². The van der Waals surface area contributed by atoms with E-state index in [0.29, 0.717) is 11.5 Å². The minimum atomic E-state index is -2.71. The second kappa shape index (κ2) is 4.41. The summed E-state index contributed by atoms with van der Waals surface area (Å²) in [4.78, 5) is 0. The van der Waals surface area contributed by atoms with E-state index in [-0.39, 0.29) is 6.04 Å². The van der Waals surface area contributed by atoms with Gasteiger partial charge in [-0.25, -0.2) is 8.42 Å². The molecule has 2 aliphatic rings. The lowest BCUT2D eigenvalue weighted by atomic mass is 10.2. The summed E-state index contributed by atoms with van der Waals surface area (Å²) in [6.07, 6.45) is 3.41. The van der Waals surface area contributed by atoms with E-state index in [9.17, 15) is 8.42 Å². The molecule has 2 rings (SSSR count). The zero-order chi connectivity index (χ0) is 10.0. The molecule has 0 bridgehead atoms. The van der Waals surface area contributed by atoms with Crippen LogP contribution in [0.25, 0.3) is 0 Å². The summed E-state index contributed by atoms with van der Waals surface area (Å²) in [7, 11) is -2.71. The molecule has 0 aromatic rings. The summed E-state index contributed by atoms with van der Waals surface area (Å²) in [6, 6.07) is 0.223. The third kappa shape index (κ3) is 2.87. The van der Waals surface area contributed by atoms with Crippen molar-refractivity contribution in [2.24, 2.45) is 0 Å². The van der Waals surface area contributed by atoms with E-state index < -0.39 is 9.84 Å². The van der Waals surface area contributed by atoms with Gasteiger partial charge in [0, 0.05) is 17.8 Å². The van der Waals surface area contributed by atoms with Gasteiger partial charge in [0.2, 0.25) is 0 Å². The van der Waals surface area contributed by atoms with Gasteiger partial charge >= 0.3 is 0 Å². The predicted molar refractivity (Wildman–Crippen MR) is 60.5 cm³/mol. The third-order valence-corrected chi connectivity index (χ3v) is 6.06. The summed E-state index contributed by atoms with van der Waals surface area (Å²) in [5.74, 6) is 2.00. The zero-order valence-electron chi connectivity index (χ0n) is 8.24. The monoisotopic (exact) mass is 235 g/mol. The highest BCUT2D eigenvalue weighted by molar-refractivity contribution is 8.00. The Labute approximate surface area is 89.9 Å². The van der Waals surface area contributed by atoms with Crippen molar-refractivity contribution < 1.29 is 8.42 Å². The fourth-order valence-electron chi connectivity index (χ4n) is 2.06. The van der Waals surface area contributed by atoms with Gasteiger partial charge in [-0.15, -0.1) is 0 Å². The number of rotatable bonds is 3. The molecule has 82 valence electrons. The van der Waals surface area contributed by atoms with Crippen LogP contribution >= 0.6 is 11.8 Å². The average molecular weight is 235 g/mol. The maximum absolute atomic E-state index is 11.2. The Kier molecular flexibility index (Phi) is 3.39. The first-order valence-electron chi connectivity index (χ1n) is 5.21. The van der Waals surface area contributed by atoms with Crippen molar-refractivity contribution in [1.29, 1.82) is 0 Å². The molecule has 2 heterocycles. The fourth-order valence-corrected chi connectivity index (χ4v) is 4.98. The molecular formula is C9H17NO2S2. The summed E-state index contributed by atoms with van der Waals surface area (Å²) in [5, 5.41) is 4.10. The number of nitrogens with one attached hydrogen (secondary N) is 1. The van der Waals surface area contributed by atoms with Gasteiger partial charge in [-0.3, -0.25) is 0 Å². The minimum absolute atomic E-state index is 0.223. The Morgan fingerprint density at radius 1 is 1.36 bits per heavy atom. The molecule has 2 fully saturated rings. The van der Waals surface area contributed by atoms with Crippen LogP contribution < -0.4 is 5.32 Å². The Balaban J connectivity index is 1.71. The van der Waals surface area contributed by atoms with Crippen LogP contribution in [0.1, 0.15) is 19.3 Å². The van der Waals surface area contributed by atoms with Crippen LogP contribution in [0.3, 0.4) is 0 Å². The average Bonchev–Trinajstić information content (AvgIpc) is 2.70. The quantitative estimate of drug-likeness (QED) is 0.780. The van der Waals surface area contributed by atoms with Gasteiger partial charge in [0.15, 0.2) is 9.84 Å². The highest BCUT2D eigenvalue weighted by Gasteiger charge is 2.28. The SMILES string of the molecule is O=S1(=O)CCC(NCC2CCCS2)C1. The molecule has 0 saturated carbocycles. The van der Waals surface area contributed by atoms with Gasteiger partial charge in [0.1, 0.15) is 0 Å². The van der Waals surface area contributed by atoms with Crippen molar-refractivity contribution >= 4 is 21.6 Å². The molecule has 0 aliphatic carbocycles. The molecule has 5 heteroatoms. The van der Waals surface area contributed by atoms with Crippen LogP contribution in [0.5, 0.6) is 0 Å². The summed E-state index contributed by atoms with van der Waals surface area (Å²) in [5.41, 5.74) is 0. The summed E-state index contributed by atoms with van der Waals surface area (Å²) >= 11 is 2.01. The Morgan fingerprint density at radius 3 is 2.79 bits per heavy atom. The van der Waals surface area contributed by atoms with Crippen molar-refractivity contribution in [3.05, 3.63) is 0 Å². The molecule has 2 unspecified atom stereocenters. The van der Waals surface area contributed by atoms with Gasteiger partial charge in [-0.05, 0) is 25.0 Å². The standard InChI is InChI=1S/C9H17NO2S2/c11-14(12)5-3-8(7-14)10-6-9-2-1-4-13-9/h8-10H,1-7H2. The van der Waals surface area contributed by atoms with Gasteiger partial charge in [0.05, 0.1) is 11.5 Å². The molecule has 14 heavy (non-hydrogen) atoms. The van der Waals surface area contributed by atoms with Gasteiger partial charge in [-0.2, -0.15) is 11.8 Å². The van der Waals surface area contributed by atoms with Crippen LogP contribution in [-0.4, -0.2) is 43.5 Å². The highest BCUT2D eigenvalue weighted by Crippen LogP contribution is 2.25.